The van der Waals surface area contributed by atoms with E-state index in [1.165, 1.54) is 5.56 Å². The quantitative estimate of drug-likeness (QED) is 0.718. The molecule has 0 radical (unpaired) electrons. The number of aliphatic hydroxyl groups is 1. The van der Waals surface area contributed by atoms with Gasteiger partial charge in [-0.3, -0.25) is 4.99 Å². The van der Waals surface area contributed by atoms with E-state index in [-0.39, 0.29) is 0 Å². The van der Waals surface area contributed by atoms with Crippen LogP contribution in [0.5, 0.6) is 0 Å². The summed E-state index contributed by atoms with van der Waals surface area (Å²) in [5, 5.41) is 9.96. The Bertz CT molecular complexity index is 374. The zero-order chi connectivity index (χ0) is 10.2. The SMILES string of the molecule is CC(C)(O)C1=NCCc2ccccc21. The Morgan fingerprint density at radius 1 is 1.29 bits per heavy atom. The monoisotopic (exact) mass is 189 g/mol. The fourth-order valence-electron chi connectivity index (χ4n) is 1.87. The third-order valence-corrected chi connectivity index (χ3v) is 2.50. The van der Waals surface area contributed by atoms with E-state index in [1.54, 1.807) is 13.8 Å². The Balaban J connectivity index is 2.51. The second-order valence-corrected chi connectivity index (χ2v) is 4.20. The molecule has 0 aliphatic carbocycles. The Kier molecular flexibility index (Phi) is 2.16. The van der Waals surface area contributed by atoms with Crippen molar-refractivity contribution in [2.24, 2.45) is 4.99 Å². The van der Waals surface area contributed by atoms with Gasteiger partial charge in [-0.2, -0.15) is 0 Å². The largest absolute Gasteiger partial charge is 0.384 e. The van der Waals surface area contributed by atoms with Gasteiger partial charge >= 0.3 is 0 Å². The molecular weight excluding hydrogens is 174 g/mol. The van der Waals surface area contributed by atoms with Gasteiger partial charge in [0.25, 0.3) is 0 Å². The minimum absolute atomic E-state index is 0.788. The topological polar surface area (TPSA) is 32.6 Å². The second kappa shape index (κ2) is 3.21. The first-order chi connectivity index (χ1) is 6.59. The fraction of sp³-hybridized carbons (Fsp3) is 0.417. The molecule has 1 aromatic rings. The third kappa shape index (κ3) is 1.58. The van der Waals surface area contributed by atoms with Gasteiger partial charge in [0.2, 0.25) is 0 Å². The van der Waals surface area contributed by atoms with Crippen LogP contribution in [0.15, 0.2) is 29.3 Å². The minimum atomic E-state index is -0.837. The van der Waals surface area contributed by atoms with Crippen molar-refractivity contribution in [1.82, 2.24) is 0 Å². The maximum atomic E-state index is 9.96. The molecule has 1 aromatic carbocycles. The Morgan fingerprint density at radius 2 is 2.00 bits per heavy atom. The molecule has 0 saturated heterocycles. The van der Waals surface area contributed by atoms with Crippen LogP contribution in [0.1, 0.15) is 25.0 Å². The molecule has 0 atom stereocenters. The molecule has 2 rings (SSSR count). The summed E-state index contributed by atoms with van der Waals surface area (Å²) in [4.78, 5) is 4.41. The van der Waals surface area contributed by atoms with Crippen LogP contribution in [-0.2, 0) is 6.42 Å². The molecule has 1 aliphatic heterocycles. The molecule has 0 bridgehead atoms. The highest BCUT2D eigenvalue weighted by atomic mass is 16.3. The molecule has 0 spiro atoms. The van der Waals surface area contributed by atoms with Crippen LogP contribution in [0.25, 0.3) is 0 Å². The van der Waals surface area contributed by atoms with E-state index >= 15 is 0 Å². The smallest absolute Gasteiger partial charge is 0.101 e. The number of hydrogen-bond acceptors (Lipinski definition) is 2. The van der Waals surface area contributed by atoms with Gasteiger partial charge < -0.3 is 5.11 Å². The summed E-state index contributed by atoms with van der Waals surface area (Å²) in [7, 11) is 0. The van der Waals surface area contributed by atoms with E-state index in [2.05, 4.69) is 11.1 Å². The van der Waals surface area contributed by atoms with Gasteiger partial charge in [-0.25, -0.2) is 0 Å². The summed E-state index contributed by atoms with van der Waals surface area (Å²) in [6.45, 7) is 4.36. The molecule has 0 amide bonds. The molecule has 1 N–H and O–H groups in total. The molecule has 0 unspecified atom stereocenters. The van der Waals surface area contributed by atoms with Crippen molar-refractivity contribution in [3.05, 3.63) is 35.4 Å². The standard InChI is InChI=1S/C12H15NO/c1-12(2,14)11-10-6-4-3-5-9(10)7-8-13-11/h3-6,14H,7-8H2,1-2H3. The van der Waals surface area contributed by atoms with E-state index in [9.17, 15) is 5.11 Å². The molecule has 74 valence electrons. The Labute approximate surface area is 84.3 Å². The lowest BCUT2D eigenvalue weighted by molar-refractivity contribution is 0.154. The van der Waals surface area contributed by atoms with Crippen LogP contribution >= 0.6 is 0 Å². The molecule has 2 heteroatoms. The van der Waals surface area contributed by atoms with E-state index in [0.29, 0.717) is 0 Å². The molecule has 1 heterocycles. The van der Waals surface area contributed by atoms with Crippen molar-refractivity contribution >= 4 is 5.71 Å². The van der Waals surface area contributed by atoms with Crippen LogP contribution in [0, 0.1) is 0 Å². The fourth-order valence-corrected chi connectivity index (χ4v) is 1.87. The summed E-state index contributed by atoms with van der Waals surface area (Å²) in [5.74, 6) is 0. The molecule has 1 aliphatic rings. The van der Waals surface area contributed by atoms with E-state index in [4.69, 9.17) is 0 Å². The predicted octanol–water partition coefficient (Wildman–Crippen LogP) is 1.80. The minimum Gasteiger partial charge on any atom is -0.384 e. The molecule has 0 fully saturated rings. The number of fused-ring (bicyclic) bond motifs is 1. The highest BCUT2D eigenvalue weighted by Crippen LogP contribution is 2.21. The zero-order valence-electron chi connectivity index (χ0n) is 8.62. The first-order valence-electron chi connectivity index (χ1n) is 4.94. The number of hydrogen-bond donors (Lipinski definition) is 1. The van der Waals surface area contributed by atoms with Crippen molar-refractivity contribution in [2.75, 3.05) is 6.54 Å². The van der Waals surface area contributed by atoms with Gasteiger partial charge in [0.15, 0.2) is 0 Å². The van der Waals surface area contributed by atoms with Crippen LogP contribution in [0.3, 0.4) is 0 Å². The van der Waals surface area contributed by atoms with Crippen LogP contribution in [0.4, 0.5) is 0 Å². The third-order valence-electron chi connectivity index (χ3n) is 2.50. The summed E-state index contributed by atoms with van der Waals surface area (Å²) >= 11 is 0. The van der Waals surface area contributed by atoms with Crippen molar-refractivity contribution in [3.63, 3.8) is 0 Å². The van der Waals surface area contributed by atoms with Crippen molar-refractivity contribution in [3.8, 4) is 0 Å². The van der Waals surface area contributed by atoms with Gasteiger partial charge in [-0.15, -0.1) is 0 Å². The first-order valence-corrected chi connectivity index (χ1v) is 4.94. The highest BCUT2D eigenvalue weighted by molar-refractivity contribution is 6.07. The predicted molar refractivity (Wildman–Crippen MR) is 57.8 cm³/mol. The van der Waals surface area contributed by atoms with Crippen LogP contribution in [0.2, 0.25) is 0 Å². The van der Waals surface area contributed by atoms with Crippen LogP contribution in [-0.4, -0.2) is 23.0 Å². The number of nitrogens with zero attached hydrogens (tertiary/aromatic N) is 1. The molecule has 14 heavy (non-hydrogen) atoms. The normalized spacial score (nSPS) is 16.1. The zero-order valence-corrected chi connectivity index (χ0v) is 8.62. The Hall–Kier alpha value is -1.15. The highest BCUT2D eigenvalue weighted by Gasteiger charge is 2.26. The average molecular weight is 189 g/mol. The van der Waals surface area contributed by atoms with Gasteiger partial charge in [0.1, 0.15) is 5.60 Å². The summed E-state index contributed by atoms with van der Waals surface area (Å²) in [6.07, 6.45) is 0.982. The molecule has 2 nitrogen and oxygen atoms in total. The Morgan fingerprint density at radius 3 is 2.71 bits per heavy atom. The van der Waals surface area contributed by atoms with Gasteiger partial charge in [0.05, 0.1) is 5.71 Å². The van der Waals surface area contributed by atoms with Crippen molar-refractivity contribution < 1.29 is 5.11 Å². The lowest BCUT2D eigenvalue weighted by Crippen LogP contribution is -2.34. The maximum Gasteiger partial charge on any atom is 0.101 e. The number of benzene rings is 1. The van der Waals surface area contributed by atoms with Crippen LogP contribution < -0.4 is 0 Å². The maximum absolute atomic E-state index is 9.96. The number of rotatable bonds is 1. The lowest BCUT2D eigenvalue weighted by atomic mass is 9.89. The summed E-state index contributed by atoms with van der Waals surface area (Å²) in [6, 6.07) is 8.17. The van der Waals surface area contributed by atoms with Crippen molar-refractivity contribution in [1.29, 1.82) is 0 Å². The molecular formula is C12H15NO. The second-order valence-electron chi connectivity index (χ2n) is 4.20. The summed E-state index contributed by atoms with van der Waals surface area (Å²) < 4.78 is 0. The molecule has 0 saturated carbocycles. The first kappa shape index (κ1) is 9.41. The van der Waals surface area contributed by atoms with E-state index < -0.39 is 5.60 Å². The van der Waals surface area contributed by atoms with E-state index in [0.717, 1.165) is 24.2 Å². The summed E-state index contributed by atoms with van der Waals surface area (Å²) in [5.41, 5.74) is 2.38. The average Bonchev–Trinajstić information content (AvgIpc) is 2.15. The van der Waals surface area contributed by atoms with Crippen molar-refractivity contribution in [2.45, 2.75) is 25.9 Å². The van der Waals surface area contributed by atoms with E-state index in [1.807, 2.05) is 18.2 Å². The van der Waals surface area contributed by atoms with Gasteiger partial charge in [-0.05, 0) is 25.8 Å². The number of aliphatic imine (C=N–C) groups is 1. The molecule has 0 aromatic heterocycles. The van der Waals surface area contributed by atoms with Gasteiger partial charge in [0, 0.05) is 12.1 Å². The van der Waals surface area contributed by atoms with Gasteiger partial charge in [-0.1, -0.05) is 24.3 Å². The lowest BCUT2D eigenvalue weighted by Gasteiger charge is -2.25.